The number of hydrogen-bond acceptors (Lipinski definition) is 16. The fraction of sp³-hybridized carbons (Fsp3) is 0.397. The number of hydrogen-bond donors (Lipinski definition) is 3. The minimum Gasteiger partial charge on any atom is -0.493 e. The second-order valence-corrected chi connectivity index (χ2v) is 23.5. The highest BCUT2D eigenvalue weighted by Gasteiger charge is 2.37. The summed E-state index contributed by atoms with van der Waals surface area (Å²) < 4.78 is 75.6. The summed E-state index contributed by atoms with van der Waals surface area (Å²) in [6, 6.07) is 29.4. The smallest absolute Gasteiger partial charge is 0.258 e. The zero-order valence-electron chi connectivity index (χ0n) is 51.3. The summed E-state index contributed by atoms with van der Waals surface area (Å²) in [6.45, 7) is 7.51. The SMILES string of the molecule is COCCCN1CC(=O)NC2CN(C(=O)c3cc(F)ccc3F)CC[C@H]2OCc2cccc(c2)Oc2cc(ccc2OC)C1.Cc1cc(C(=O)N2CC[C@H]3OCc4cccc(c4)Oc4cc(OCC5CC5)cc(c4)C(=O)NCCC(=O)NC3C2)c2c(C)noc2n1. The maximum absolute atomic E-state index is 14.5. The van der Waals surface area contributed by atoms with E-state index >= 15 is 0 Å². The molecule has 21 nitrogen and oxygen atoms in total. The van der Waals surface area contributed by atoms with Gasteiger partial charge in [-0.25, -0.2) is 13.8 Å². The van der Waals surface area contributed by atoms with E-state index in [0.29, 0.717) is 126 Å². The summed E-state index contributed by atoms with van der Waals surface area (Å²) in [5, 5.41) is 13.6. The summed E-state index contributed by atoms with van der Waals surface area (Å²) in [5.74, 6) is 0.767. The molecule has 5 aromatic carbocycles. The van der Waals surface area contributed by atoms with Crippen molar-refractivity contribution in [2.45, 2.75) is 96.4 Å². The van der Waals surface area contributed by atoms with Crippen molar-refractivity contribution in [2.75, 3.05) is 73.2 Å². The maximum atomic E-state index is 14.5. The van der Waals surface area contributed by atoms with Gasteiger partial charge in [0.15, 0.2) is 11.5 Å². The molecule has 6 heterocycles. The highest BCUT2D eigenvalue weighted by molar-refractivity contribution is 6.06. The molecule has 91 heavy (non-hydrogen) atoms. The highest BCUT2D eigenvalue weighted by atomic mass is 19.1. The van der Waals surface area contributed by atoms with Crippen molar-refractivity contribution < 1.29 is 70.4 Å². The standard InChI is InChI=1S/C35H37N5O7.C33H37F2N3O6/c1-20-12-28(32-21(2)39-47-34(32)37-20)35(43)40-11-9-30-29(17-40)38-31(41)8-10-36-33(42)24-14-26(44-18-22-6-7-22)16-27(15-24)46-25-5-3-4-23(13-25)19-45-30;1-41-14-4-12-37-18-22-7-10-30(42-2)31(16-22)44-25-6-3-5-23(15-25)21-43-29-11-13-38(19-28(29)36-32(39)20-37)33(40)26-17-24(34)8-9-27(26)35/h3-5,12-16,22,29-30H,6-11,17-19H2,1-2H3,(H,36,42)(H,38,41);3,5-10,15-17,28-29H,4,11-14,18-21H2,1-2H3,(H,36,39)/t29?,30-;28?,29-/m11/s1. The summed E-state index contributed by atoms with van der Waals surface area (Å²) >= 11 is 0. The molecular formula is C68H74F2N8O13. The molecule has 0 spiro atoms. The minimum atomic E-state index is -0.799. The number of carbonyl (C=O) groups is 5. The Bertz CT molecular complexity index is 3790. The van der Waals surface area contributed by atoms with E-state index in [9.17, 15) is 32.8 Å². The average molecular weight is 1250 g/mol. The van der Waals surface area contributed by atoms with Crippen LogP contribution in [-0.4, -0.2) is 152 Å². The lowest BCUT2D eigenvalue weighted by Gasteiger charge is -2.39. The fourth-order valence-electron chi connectivity index (χ4n) is 11.6. The van der Waals surface area contributed by atoms with Crippen molar-refractivity contribution in [3.63, 3.8) is 0 Å². The van der Waals surface area contributed by atoms with Gasteiger partial charge in [0, 0.05) is 83.3 Å². The molecule has 4 atom stereocenters. The molecular weight excluding hydrogens is 1170 g/mol. The van der Waals surface area contributed by atoms with E-state index in [1.807, 2.05) is 71.6 Å². The van der Waals surface area contributed by atoms with Crippen LogP contribution in [0.4, 0.5) is 8.78 Å². The monoisotopic (exact) mass is 1250 g/mol. The second kappa shape index (κ2) is 29.3. The van der Waals surface area contributed by atoms with Crippen molar-refractivity contribution in [1.29, 1.82) is 0 Å². The lowest BCUT2D eigenvalue weighted by molar-refractivity contribution is -0.125. The van der Waals surface area contributed by atoms with Crippen LogP contribution in [0.25, 0.3) is 11.1 Å². The van der Waals surface area contributed by atoms with Crippen LogP contribution >= 0.6 is 0 Å². The van der Waals surface area contributed by atoms with E-state index in [1.165, 1.54) is 4.90 Å². The lowest BCUT2D eigenvalue weighted by Crippen LogP contribution is -2.58. The molecule has 1 aliphatic carbocycles. The number of likely N-dealkylation sites (tertiary alicyclic amines) is 2. The van der Waals surface area contributed by atoms with Gasteiger partial charge in [-0.15, -0.1) is 0 Å². The first kappa shape index (κ1) is 63.5. The Morgan fingerprint density at radius 1 is 0.703 bits per heavy atom. The number of pyridine rings is 1. The largest absolute Gasteiger partial charge is 0.493 e. The third-order valence-electron chi connectivity index (χ3n) is 16.5. The van der Waals surface area contributed by atoms with Gasteiger partial charge >= 0.3 is 0 Å². The number of fused-ring (bicyclic) bond motifs is 11. The number of benzene rings is 5. The molecule has 5 amide bonds. The molecule has 0 radical (unpaired) electrons. The first-order valence-electron chi connectivity index (χ1n) is 30.7. The first-order valence-corrected chi connectivity index (χ1v) is 30.7. The van der Waals surface area contributed by atoms with E-state index in [2.05, 4.69) is 26.1 Å². The molecule has 2 unspecified atom stereocenters. The Morgan fingerprint density at radius 2 is 1.40 bits per heavy atom. The Labute approximate surface area is 525 Å². The normalized spacial score (nSPS) is 20.0. The van der Waals surface area contributed by atoms with Gasteiger partial charge in [-0.05, 0) is 141 Å². The number of piperidine rings is 2. The van der Waals surface area contributed by atoms with Crippen LogP contribution < -0.4 is 34.9 Å². The summed E-state index contributed by atoms with van der Waals surface area (Å²) in [5.41, 5.74) is 4.72. The molecule has 4 aliphatic heterocycles. The van der Waals surface area contributed by atoms with Crippen LogP contribution in [0.3, 0.4) is 0 Å². The molecule has 23 heteroatoms. The number of nitrogens with zero attached hydrogens (tertiary/aromatic N) is 5. The van der Waals surface area contributed by atoms with Crippen molar-refractivity contribution in [2.24, 2.45) is 5.92 Å². The van der Waals surface area contributed by atoms with Crippen molar-refractivity contribution in [1.82, 2.24) is 40.8 Å². The molecule has 12 rings (SSSR count). The second-order valence-electron chi connectivity index (χ2n) is 23.5. The molecule has 5 aliphatic rings. The topological polar surface area (TPSA) is 235 Å². The van der Waals surface area contributed by atoms with Gasteiger partial charge in [-0.2, -0.15) is 0 Å². The zero-order valence-corrected chi connectivity index (χ0v) is 51.3. The van der Waals surface area contributed by atoms with Gasteiger partial charge in [0.05, 0.1) is 80.0 Å². The van der Waals surface area contributed by atoms with Gasteiger partial charge in [-0.1, -0.05) is 35.5 Å². The zero-order chi connectivity index (χ0) is 63.5. The van der Waals surface area contributed by atoms with Gasteiger partial charge in [0.2, 0.25) is 11.8 Å². The first-order chi connectivity index (χ1) is 44.1. The summed E-state index contributed by atoms with van der Waals surface area (Å²) in [7, 11) is 3.22. The van der Waals surface area contributed by atoms with Crippen LogP contribution in [0.5, 0.6) is 34.5 Å². The van der Waals surface area contributed by atoms with E-state index in [1.54, 1.807) is 57.2 Å². The highest BCUT2D eigenvalue weighted by Crippen LogP contribution is 2.36. The number of aryl methyl sites for hydroxylation is 2. The number of methoxy groups -OCH3 is 2. The lowest BCUT2D eigenvalue weighted by atomic mass is 9.99. The van der Waals surface area contributed by atoms with E-state index < -0.39 is 35.7 Å². The maximum Gasteiger partial charge on any atom is 0.258 e. The molecule has 2 saturated heterocycles. The Balaban J connectivity index is 0.000000187. The molecule has 3 fully saturated rings. The van der Waals surface area contributed by atoms with Gasteiger partial charge in [-0.3, -0.25) is 28.9 Å². The van der Waals surface area contributed by atoms with Crippen molar-refractivity contribution in [3.8, 4) is 34.5 Å². The van der Waals surface area contributed by atoms with E-state index in [-0.39, 0.29) is 87.7 Å². The molecule has 2 aromatic heterocycles. The predicted octanol–water partition coefficient (Wildman–Crippen LogP) is 9.00. The number of ether oxygens (including phenoxy) is 7. The fourth-order valence-corrected chi connectivity index (χ4v) is 11.6. The number of rotatable bonds is 10. The third kappa shape index (κ3) is 16.5. The van der Waals surface area contributed by atoms with E-state index in [4.69, 9.17) is 37.7 Å². The Hall–Kier alpha value is -9.03. The Morgan fingerprint density at radius 3 is 2.09 bits per heavy atom. The van der Waals surface area contributed by atoms with Gasteiger partial charge in [0.25, 0.3) is 23.4 Å². The average Bonchev–Trinajstić information content (AvgIpc) is 2.01. The van der Waals surface area contributed by atoms with Crippen LogP contribution in [0.15, 0.2) is 114 Å². The number of carbonyl (C=O) groups excluding carboxylic acids is 5. The summed E-state index contributed by atoms with van der Waals surface area (Å²) in [6.07, 6.45) is 3.18. The third-order valence-corrected chi connectivity index (χ3v) is 16.5. The van der Waals surface area contributed by atoms with Gasteiger partial charge in [0.1, 0.15) is 34.6 Å². The molecule has 3 N–H and O–H groups in total. The molecule has 1 saturated carbocycles. The number of amides is 5. The van der Waals surface area contributed by atoms with Crippen LogP contribution in [0.2, 0.25) is 0 Å². The van der Waals surface area contributed by atoms with Gasteiger partial charge < -0.3 is 63.4 Å². The van der Waals surface area contributed by atoms with Crippen molar-refractivity contribution in [3.05, 3.63) is 166 Å². The molecule has 8 bridgehead atoms. The van der Waals surface area contributed by atoms with Crippen LogP contribution in [0, 0.1) is 31.4 Å². The minimum absolute atomic E-state index is 0.0506. The number of nitrogens with one attached hydrogen (secondary N) is 3. The number of aromatic nitrogens is 2. The quantitative estimate of drug-likeness (QED) is 0.108. The van der Waals surface area contributed by atoms with E-state index in [0.717, 1.165) is 47.7 Å². The predicted molar refractivity (Wildman–Crippen MR) is 329 cm³/mol. The number of halogens is 2. The van der Waals surface area contributed by atoms with Crippen LogP contribution in [-0.2, 0) is 43.6 Å². The van der Waals surface area contributed by atoms with Crippen molar-refractivity contribution >= 4 is 40.6 Å². The Kier molecular flexibility index (Phi) is 20.4. The summed E-state index contributed by atoms with van der Waals surface area (Å²) in [4.78, 5) is 76.5. The molecule has 478 valence electrons. The molecule has 7 aromatic rings. The van der Waals surface area contributed by atoms with Crippen LogP contribution in [0.1, 0.15) is 97.7 Å².